The lowest BCUT2D eigenvalue weighted by Gasteiger charge is -2.49. The summed E-state index contributed by atoms with van der Waals surface area (Å²) < 4.78 is 41.3. The van der Waals surface area contributed by atoms with Gasteiger partial charge in [0.15, 0.2) is 0 Å². The minimum atomic E-state index is -3.43. The molecule has 3 atom stereocenters. The smallest absolute Gasteiger partial charge is 0.279 e. The van der Waals surface area contributed by atoms with Gasteiger partial charge in [-0.15, -0.1) is 0 Å². The molecule has 2 aliphatic rings. The Hall–Kier alpha value is -1.85. The molecule has 0 aliphatic carbocycles. The van der Waals surface area contributed by atoms with Gasteiger partial charge in [-0.05, 0) is 43.7 Å². The Morgan fingerprint density at radius 3 is 2.66 bits per heavy atom. The van der Waals surface area contributed by atoms with Gasteiger partial charge in [0.2, 0.25) is 0 Å². The molecule has 2 fully saturated rings. The highest BCUT2D eigenvalue weighted by molar-refractivity contribution is 7.87. The van der Waals surface area contributed by atoms with Crippen LogP contribution in [0.1, 0.15) is 33.1 Å². The molecule has 3 unspecified atom stereocenters. The molecule has 2 saturated heterocycles. The number of nitrogens with zero attached hydrogens (tertiary/aromatic N) is 4. The first-order chi connectivity index (χ1) is 15.3. The molecule has 0 amide bonds. The lowest BCUT2D eigenvalue weighted by Crippen LogP contribution is -2.59. The average Bonchev–Trinajstić information content (AvgIpc) is 2.79. The van der Waals surface area contributed by atoms with Crippen LogP contribution in [-0.4, -0.2) is 68.5 Å². The van der Waals surface area contributed by atoms with Gasteiger partial charge < -0.3 is 14.4 Å². The fourth-order valence-electron chi connectivity index (χ4n) is 4.94. The summed E-state index contributed by atoms with van der Waals surface area (Å²) in [5.74, 6) is 0.173. The van der Waals surface area contributed by atoms with E-state index in [0.29, 0.717) is 26.1 Å². The molecular weight excluding hydrogens is 430 g/mol. The lowest BCUT2D eigenvalue weighted by molar-refractivity contribution is -0.228. The predicted molar refractivity (Wildman–Crippen MR) is 123 cm³/mol. The molecule has 1 N–H and O–H groups in total. The number of rotatable bonds is 6. The minimum Gasteiger partial charge on any atom is -0.336 e. The van der Waals surface area contributed by atoms with Crippen molar-refractivity contribution in [2.24, 2.45) is 11.8 Å². The van der Waals surface area contributed by atoms with E-state index in [1.165, 1.54) is 0 Å². The van der Waals surface area contributed by atoms with Crippen LogP contribution in [0.25, 0.3) is 10.9 Å². The Morgan fingerprint density at radius 1 is 1.19 bits per heavy atom. The molecule has 2 aliphatic heterocycles. The van der Waals surface area contributed by atoms with Crippen LogP contribution in [0.15, 0.2) is 30.6 Å². The van der Waals surface area contributed by atoms with E-state index >= 15 is 0 Å². The second-order valence-electron chi connectivity index (χ2n) is 8.89. The number of aromatic nitrogens is 2. The van der Waals surface area contributed by atoms with Crippen molar-refractivity contribution in [2.75, 3.05) is 38.8 Å². The van der Waals surface area contributed by atoms with Gasteiger partial charge >= 0.3 is 0 Å². The molecular formula is C22H33N5O4S. The van der Waals surface area contributed by atoms with E-state index in [1.54, 1.807) is 24.9 Å². The monoisotopic (exact) mass is 463 g/mol. The fourth-order valence-corrected chi connectivity index (χ4v) is 6.50. The molecule has 0 bridgehead atoms. The highest BCUT2D eigenvalue weighted by Crippen LogP contribution is 2.41. The van der Waals surface area contributed by atoms with E-state index in [0.717, 1.165) is 29.6 Å². The lowest BCUT2D eigenvalue weighted by atomic mass is 9.83. The van der Waals surface area contributed by atoms with Crippen molar-refractivity contribution in [3.05, 3.63) is 30.6 Å². The maximum Gasteiger partial charge on any atom is 0.279 e. The molecule has 0 radical (unpaired) electrons. The third-order valence-corrected chi connectivity index (χ3v) is 8.58. The quantitative estimate of drug-likeness (QED) is 0.657. The normalized spacial score (nSPS) is 26.8. The molecule has 1 aromatic heterocycles. The summed E-state index contributed by atoms with van der Waals surface area (Å²) in [6.07, 6.45) is 3.87. The maximum atomic E-state index is 12.6. The number of para-hydroxylation sites is 1. The zero-order chi connectivity index (χ0) is 22.9. The summed E-state index contributed by atoms with van der Waals surface area (Å²) in [4.78, 5) is 11.0. The first kappa shape index (κ1) is 23.3. The van der Waals surface area contributed by atoms with Gasteiger partial charge in [0.05, 0.1) is 5.52 Å². The highest BCUT2D eigenvalue weighted by atomic mass is 32.2. The van der Waals surface area contributed by atoms with Crippen molar-refractivity contribution >= 4 is 26.9 Å². The molecule has 176 valence electrons. The van der Waals surface area contributed by atoms with Crippen LogP contribution in [0.2, 0.25) is 0 Å². The number of ether oxygens (including phenoxy) is 2. The number of hydrogen-bond acceptors (Lipinski definition) is 7. The zero-order valence-electron chi connectivity index (χ0n) is 19.2. The Kier molecular flexibility index (Phi) is 6.69. The van der Waals surface area contributed by atoms with Gasteiger partial charge in [0.25, 0.3) is 16.1 Å². The van der Waals surface area contributed by atoms with E-state index in [1.807, 2.05) is 31.2 Å². The molecule has 2 aromatic rings. The minimum absolute atomic E-state index is 0.0212. The number of fused-ring (bicyclic) bond motifs is 1. The summed E-state index contributed by atoms with van der Waals surface area (Å²) in [5.41, 5.74) is 0.867. The molecule has 32 heavy (non-hydrogen) atoms. The van der Waals surface area contributed by atoms with E-state index in [-0.39, 0.29) is 17.9 Å². The first-order valence-corrected chi connectivity index (χ1v) is 12.6. The molecule has 9 nitrogen and oxygen atoms in total. The third kappa shape index (κ3) is 4.34. The van der Waals surface area contributed by atoms with E-state index in [9.17, 15) is 8.42 Å². The first-order valence-electron chi connectivity index (χ1n) is 11.1. The summed E-state index contributed by atoms with van der Waals surface area (Å²) in [6.45, 7) is 5.72. The number of piperidine rings is 1. The van der Waals surface area contributed by atoms with Crippen molar-refractivity contribution in [1.82, 2.24) is 19.0 Å². The van der Waals surface area contributed by atoms with Gasteiger partial charge in [-0.1, -0.05) is 19.1 Å². The van der Waals surface area contributed by atoms with E-state index < -0.39 is 16.1 Å². The van der Waals surface area contributed by atoms with Gasteiger partial charge in [0, 0.05) is 51.7 Å². The van der Waals surface area contributed by atoms with Gasteiger partial charge in [-0.3, -0.25) is 0 Å². The Balaban J connectivity index is 1.56. The zero-order valence-corrected chi connectivity index (χ0v) is 20.0. The summed E-state index contributed by atoms with van der Waals surface area (Å²) in [7, 11) is -0.139. The SMILES string of the molecule is COC1(OC)CC(C(C)CN2CCC(C)NS2(=O)=O)CCN1c1ncnc2ccccc12. The number of anilines is 1. The highest BCUT2D eigenvalue weighted by Gasteiger charge is 2.46. The topological polar surface area (TPSA) is 96.9 Å². The Bertz CT molecular complexity index is 1040. The standard InChI is InChI=1S/C22H33N5O4S/c1-16(14-26-11-9-17(2)25-32(26,28)29)18-10-12-27(22(13-18,30-3)31-4)21-19-7-5-6-8-20(19)23-15-24-21/h5-8,15-18,25H,9-14H2,1-4H3. The summed E-state index contributed by atoms with van der Waals surface area (Å²) in [6, 6.07) is 7.87. The van der Waals surface area contributed by atoms with Crippen LogP contribution in [0, 0.1) is 11.8 Å². The third-order valence-electron chi connectivity index (χ3n) is 6.87. The molecule has 4 rings (SSSR count). The summed E-state index contributed by atoms with van der Waals surface area (Å²) >= 11 is 0. The molecule has 0 spiro atoms. The van der Waals surface area contributed by atoms with Crippen LogP contribution in [0.5, 0.6) is 0 Å². The maximum absolute atomic E-state index is 12.6. The Labute approximate surface area is 190 Å². The van der Waals surface area contributed by atoms with Crippen molar-refractivity contribution in [2.45, 2.75) is 45.1 Å². The average molecular weight is 464 g/mol. The van der Waals surface area contributed by atoms with Crippen molar-refractivity contribution in [3.8, 4) is 0 Å². The summed E-state index contributed by atoms with van der Waals surface area (Å²) in [5, 5.41) is 0.944. The number of hydrogen-bond donors (Lipinski definition) is 1. The van der Waals surface area contributed by atoms with E-state index in [4.69, 9.17) is 9.47 Å². The second kappa shape index (κ2) is 9.18. The van der Waals surface area contributed by atoms with Crippen LogP contribution < -0.4 is 9.62 Å². The van der Waals surface area contributed by atoms with Crippen LogP contribution in [0.3, 0.4) is 0 Å². The Morgan fingerprint density at radius 2 is 1.94 bits per heavy atom. The largest absolute Gasteiger partial charge is 0.336 e. The fraction of sp³-hybridized carbons (Fsp3) is 0.636. The van der Waals surface area contributed by atoms with Crippen LogP contribution >= 0.6 is 0 Å². The predicted octanol–water partition coefficient (Wildman–Crippen LogP) is 2.36. The molecule has 10 heteroatoms. The molecule has 1 aromatic carbocycles. The number of benzene rings is 1. The van der Waals surface area contributed by atoms with E-state index in [2.05, 4.69) is 26.5 Å². The van der Waals surface area contributed by atoms with Gasteiger partial charge in [-0.25, -0.2) is 9.97 Å². The molecule has 3 heterocycles. The van der Waals surface area contributed by atoms with Gasteiger partial charge in [0.1, 0.15) is 12.1 Å². The van der Waals surface area contributed by atoms with Gasteiger partial charge in [-0.2, -0.15) is 17.4 Å². The van der Waals surface area contributed by atoms with Crippen molar-refractivity contribution in [3.63, 3.8) is 0 Å². The molecule has 0 saturated carbocycles. The number of nitrogens with one attached hydrogen (secondary N) is 1. The number of methoxy groups -OCH3 is 2. The van der Waals surface area contributed by atoms with Crippen molar-refractivity contribution in [1.29, 1.82) is 0 Å². The van der Waals surface area contributed by atoms with Crippen LogP contribution in [0.4, 0.5) is 5.82 Å². The van der Waals surface area contributed by atoms with Crippen LogP contribution in [-0.2, 0) is 19.7 Å². The van der Waals surface area contributed by atoms with Crippen molar-refractivity contribution < 1.29 is 17.9 Å². The second-order valence-corrected chi connectivity index (χ2v) is 10.6.